The minimum atomic E-state index is -0.231. The van der Waals surface area contributed by atoms with Crippen LogP contribution in [0.3, 0.4) is 0 Å². The second-order valence-corrected chi connectivity index (χ2v) is 4.99. The summed E-state index contributed by atoms with van der Waals surface area (Å²) in [6, 6.07) is 5.31. The number of aryl methyl sites for hydroxylation is 3. The number of benzene rings is 1. The number of hydrogen-bond acceptors (Lipinski definition) is 3. The van der Waals surface area contributed by atoms with Crippen molar-refractivity contribution in [3.05, 3.63) is 41.0 Å². The van der Waals surface area contributed by atoms with E-state index in [4.69, 9.17) is 0 Å². The molecule has 2 rings (SSSR count). The summed E-state index contributed by atoms with van der Waals surface area (Å²) in [4.78, 5) is 8.90. The van der Waals surface area contributed by atoms with Crippen LogP contribution in [-0.4, -0.2) is 17.0 Å². The van der Waals surface area contributed by atoms with Crippen LogP contribution in [0.2, 0.25) is 0 Å². The smallest absolute Gasteiger partial charge is 0.133 e. The fourth-order valence-corrected chi connectivity index (χ4v) is 2.33. The number of rotatable bonds is 4. The van der Waals surface area contributed by atoms with Crippen molar-refractivity contribution in [1.82, 2.24) is 9.97 Å². The maximum Gasteiger partial charge on any atom is 0.133 e. The van der Waals surface area contributed by atoms with Gasteiger partial charge >= 0.3 is 0 Å². The van der Waals surface area contributed by atoms with Gasteiger partial charge in [-0.15, -0.1) is 0 Å². The Bertz CT molecular complexity index is 600. The van der Waals surface area contributed by atoms with Crippen LogP contribution in [0.4, 0.5) is 10.2 Å². The molecule has 1 aromatic carbocycles. The molecule has 1 heterocycles. The van der Waals surface area contributed by atoms with Gasteiger partial charge in [-0.1, -0.05) is 13.0 Å². The van der Waals surface area contributed by atoms with Crippen LogP contribution in [0.5, 0.6) is 0 Å². The molecular formula is C16H20FN3. The van der Waals surface area contributed by atoms with Gasteiger partial charge in [0, 0.05) is 25.1 Å². The van der Waals surface area contributed by atoms with E-state index in [-0.39, 0.29) is 5.82 Å². The predicted octanol–water partition coefficient (Wildman–Crippen LogP) is 3.89. The topological polar surface area (TPSA) is 37.8 Å². The first-order valence-electron chi connectivity index (χ1n) is 6.88. The Kier molecular flexibility index (Phi) is 4.32. The van der Waals surface area contributed by atoms with Crippen molar-refractivity contribution in [2.24, 2.45) is 0 Å². The molecule has 4 heteroatoms. The Morgan fingerprint density at radius 1 is 1.15 bits per heavy atom. The summed E-state index contributed by atoms with van der Waals surface area (Å²) >= 11 is 0. The lowest BCUT2D eigenvalue weighted by molar-refractivity contribution is 0.628. The van der Waals surface area contributed by atoms with E-state index in [2.05, 4.69) is 22.2 Å². The molecule has 0 unspecified atom stereocenters. The molecule has 0 atom stereocenters. The van der Waals surface area contributed by atoms with Gasteiger partial charge in [-0.25, -0.2) is 14.4 Å². The zero-order valence-electron chi connectivity index (χ0n) is 12.4. The number of nitrogens with zero attached hydrogens (tertiary/aromatic N) is 2. The highest BCUT2D eigenvalue weighted by Crippen LogP contribution is 2.27. The summed E-state index contributed by atoms with van der Waals surface area (Å²) in [6.07, 6.45) is 1.75. The molecule has 2 aromatic rings. The Balaban J connectivity index is 2.60. The maximum atomic E-state index is 14.3. The highest BCUT2D eigenvalue weighted by molar-refractivity contribution is 5.67. The van der Waals surface area contributed by atoms with Gasteiger partial charge in [0.2, 0.25) is 0 Å². The second-order valence-electron chi connectivity index (χ2n) is 4.99. The zero-order valence-corrected chi connectivity index (χ0v) is 12.4. The summed E-state index contributed by atoms with van der Waals surface area (Å²) in [5, 5.41) is 3.01. The molecule has 3 nitrogen and oxygen atoms in total. The van der Waals surface area contributed by atoms with Crippen LogP contribution >= 0.6 is 0 Å². The Morgan fingerprint density at radius 3 is 2.50 bits per heavy atom. The number of nitrogens with one attached hydrogen (secondary N) is 1. The van der Waals surface area contributed by atoms with Gasteiger partial charge in [0.15, 0.2) is 0 Å². The predicted molar refractivity (Wildman–Crippen MR) is 80.4 cm³/mol. The number of aromatic nitrogens is 2. The van der Waals surface area contributed by atoms with Crippen LogP contribution in [0, 0.1) is 19.7 Å². The Morgan fingerprint density at radius 2 is 1.90 bits per heavy atom. The molecular weight excluding hydrogens is 253 g/mol. The Labute approximate surface area is 119 Å². The molecule has 0 bridgehead atoms. The normalized spacial score (nSPS) is 10.7. The minimum absolute atomic E-state index is 0.231. The van der Waals surface area contributed by atoms with Gasteiger partial charge in [0.25, 0.3) is 0 Å². The average molecular weight is 273 g/mol. The molecule has 0 saturated heterocycles. The molecule has 0 fully saturated rings. The molecule has 0 radical (unpaired) electrons. The second kappa shape index (κ2) is 5.99. The molecule has 20 heavy (non-hydrogen) atoms. The largest absolute Gasteiger partial charge is 0.373 e. The van der Waals surface area contributed by atoms with Gasteiger partial charge in [0.05, 0.1) is 5.69 Å². The lowest BCUT2D eigenvalue weighted by Crippen LogP contribution is -2.03. The van der Waals surface area contributed by atoms with Gasteiger partial charge in [-0.3, -0.25) is 0 Å². The van der Waals surface area contributed by atoms with Crippen molar-refractivity contribution in [2.75, 3.05) is 12.4 Å². The molecule has 0 saturated carbocycles. The third kappa shape index (κ3) is 2.95. The highest BCUT2D eigenvalue weighted by atomic mass is 19.1. The minimum Gasteiger partial charge on any atom is -0.373 e. The Hall–Kier alpha value is -1.97. The van der Waals surface area contributed by atoms with Crippen molar-refractivity contribution in [2.45, 2.75) is 33.6 Å². The zero-order chi connectivity index (χ0) is 14.7. The van der Waals surface area contributed by atoms with Gasteiger partial charge < -0.3 is 5.32 Å². The SMILES string of the molecule is CCCc1nc(NC)cc(-c2c(C)cc(C)cc2F)n1. The first-order chi connectivity index (χ1) is 9.55. The fourth-order valence-electron chi connectivity index (χ4n) is 2.33. The first-order valence-corrected chi connectivity index (χ1v) is 6.88. The van der Waals surface area contributed by atoms with Crippen molar-refractivity contribution in [3.8, 4) is 11.3 Å². The van der Waals surface area contributed by atoms with Crippen LogP contribution in [0.15, 0.2) is 18.2 Å². The van der Waals surface area contributed by atoms with Crippen LogP contribution < -0.4 is 5.32 Å². The summed E-state index contributed by atoms with van der Waals surface area (Å²) < 4.78 is 14.3. The highest BCUT2D eigenvalue weighted by Gasteiger charge is 2.13. The van der Waals surface area contributed by atoms with E-state index in [1.165, 1.54) is 0 Å². The van der Waals surface area contributed by atoms with Gasteiger partial charge in [-0.05, 0) is 37.5 Å². The van der Waals surface area contributed by atoms with Crippen molar-refractivity contribution in [1.29, 1.82) is 0 Å². The van der Waals surface area contributed by atoms with E-state index in [0.717, 1.165) is 35.6 Å². The van der Waals surface area contributed by atoms with E-state index in [1.807, 2.05) is 19.9 Å². The quantitative estimate of drug-likeness (QED) is 0.918. The van der Waals surface area contributed by atoms with Gasteiger partial charge in [-0.2, -0.15) is 0 Å². The number of hydrogen-bond donors (Lipinski definition) is 1. The first kappa shape index (κ1) is 14.4. The number of anilines is 1. The van der Waals surface area contributed by atoms with Crippen molar-refractivity contribution >= 4 is 5.82 Å². The third-order valence-corrected chi connectivity index (χ3v) is 3.19. The lowest BCUT2D eigenvalue weighted by Gasteiger charge is -2.11. The van der Waals surface area contributed by atoms with E-state index >= 15 is 0 Å². The maximum absolute atomic E-state index is 14.3. The lowest BCUT2D eigenvalue weighted by atomic mass is 10.0. The van der Waals surface area contributed by atoms with E-state index in [0.29, 0.717) is 11.3 Å². The van der Waals surface area contributed by atoms with E-state index in [1.54, 1.807) is 19.2 Å². The van der Waals surface area contributed by atoms with Crippen molar-refractivity contribution in [3.63, 3.8) is 0 Å². The van der Waals surface area contributed by atoms with Crippen LogP contribution in [0.25, 0.3) is 11.3 Å². The van der Waals surface area contributed by atoms with Crippen LogP contribution in [0.1, 0.15) is 30.3 Å². The third-order valence-electron chi connectivity index (χ3n) is 3.19. The standard InChI is InChI=1S/C16H20FN3/c1-5-6-14-19-13(9-15(18-4)20-14)16-11(3)7-10(2)8-12(16)17/h7-9H,5-6H2,1-4H3,(H,18,19,20). The molecule has 0 spiro atoms. The molecule has 106 valence electrons. The summed E-state index contributed by atoms with van der Waals surface area (Å²) in [6.45, 7) is 5.88. The van der Waals surface area contributed by atoms with Crippen molar-refractivity contribution < 1.29 is 4.39 Å². The average Bonchev–Trinajstić information content (AvgIpc) is 2.37. The summed E-state index contributed by atoms with van der Waals surface area (Å²) in [5.41, 5.74) is 3.01. The summed E-state index contributed by atoms with van der Waals surface area (Å²) in [5.74, 6) is 1.23. The molecule has 0 amide bonds. The molecule has 0 aliphatic heterocycles. The van der Waals surface area contributed by atoms with E-state index < -0.39 is 0 Å². The monoisotopic (exact) mass is 273 g/mol. The van der Waals surface area contributed by atoms with Gasteiger partial charge in [0.1, 0.15) is 17.5 Å². The van der Waals surface area contributed by atoms with E-state index in [9.17, 15) is 4.39 Å². The molecule has 1 N–H and O–H groups in total. The molecule has 0 aliphatic carbocycles. The molecule has 0 aliphatic rings. The fraction of sp³-hybridized carbons (Fsp3) is 0.375. The summed E-state index contributed by atoms with van der Waals surface area (Å²) in [7, 11) is 1.81. The number of halogens is 1. The van der Waals surface area contributed by atoms with Crippen LogP contribution in [-0.2, 0) is 6.42 Å². The molecule has 1 aromatic heterocycles.